The lowest BCUT2D eigenvalue weighted by Gasteiger charge is -2.21. The first-order chi connectivity index (χ1) is 17.7. The molecule has 216 valence electrons. The third-order valence-corrected chi connectivity index (χ3v) is 6.84. The van der Waals surface area contributed by atoms with Gasteiger partial charge >= 0.3 is 6.18 Å². The molecule has 0 radical (unpaired) electrons. The summed E-state index contributed by atoms with van der Waals surface area (Å²) in [4.78, 5) is 34.7. The average Bonchev–Trinajstić information content (AvgIpc) is 3.34. The van der Waals surface area contributed by atoms with E-state index in [0.29, 0.717) is 17.9 Å². The molecule has 1 aliphatic rings. The van der Waals surface area contributed by atoms with Crippen LogP contribution >= 0.6 is 11.3 Å². The maximum absolute atomic E-state index is 14.2. The van der Waals surface area contributed by atoms with Crippen molar-refractivity contribution in [2.75, 3.05) is 25.0 Å². The fourth-order valence-corrected chi connectivity index (χ4v) is 4.86. The van der Waals surface area contributed by atoms with Gasteiger partial charge in [0.15, 0.2) is 5.01 Å². The minimum atomic E-state index is -4.88. The highest BCUT2D eigenvalue weighted by Crippen LogP contribution is 2.42. The van der Waals surface area contributed by atoms with E-state index in [0.717, 1.165) is 17.2 Å². The van der Waals surface area contributed by atoms with Gasteiger partial charge in [-0.1, -0.05) is 20.8 Å². The number of alkyl halides is 5. The van der Waals surface area contributed by atoms with E-state index in [9.17, 15) is 36.6 Å². The van der Waals surface area contributed by atoms with Crippen molar-refractivity contribution in [1.82, 2.24) is 20.2 Å². The molecule has 1 atom stereocenters. The number of halogens is 5. The summed E-state index contributed by atoms with van der Waals surface area (Å²) in [6.07, 6.45) is -4.56. The molecule has 3 heterocycles. The predicted molar refractivity (Wildman–Crippen MR) is 137 cm³/mol. The topological polar surface area (TPSA) is 107 Å². The van der Waals surface area contributed by atoms with E-state index in [-0.39, 0.29) is 27.7 Å². The molecule has 0 aliphatic carbocycles. The lowest BCUT2D eigenvalue weighted by molar-refractivity contribution is -0.137. The molecule has 0 saturated carbocycles. The largest absolute Gasteiger partial charge is 0.417 e. The smallest absolute Gasteiger partial charge is 0.389 e. The highest BCUT2D eigenvalue weighted by Gasteiger charge is 2.46. The van der Waals surface area contributed by atoms with Crippen LogP contribution in [0.3, 0.4) is 0 Å². The third-order valence-electron chi connectivity index (χ3n) is 5.75. The Labute approximate surface area is 227 Å². The van der Waals surface area contributed by atoms with Crippen LogP contribution in [0.2, 0.25) is 0 Å². The van der Waals surface area contributed by atoms with Crippen LogP contribution in [0.5, 0.6) is 0 Å². The zero-order valence-corrected chi connectivity index (χ0v) is 23.3. The number of nitrogens with zero attached hydrogens (tertiary/aromatic N) is 3. The molecule has 3 N–H and O–H groups in total. The van der Waals surface area contributed by atoms with Crippen molar-refractivity contribution in [2.45, 2.75) is 71.7 Å². The Hall–Kier alpha value is -2.87. The normalized spacial score (nSPS) is 17.8. The number of likely N-dealkylation sites (tertiary alicyclic amines) is 1. The van der Waals surface area contributed by atoms with Gasteiger partial charge in [0.25, 0.3) is 17.7 Å². The SMILES string of the molecule is CC1CC(F)(F)CN1C(=O)c1nc(C(=O)NCC(C)(C)O)sc1-c1cnc(NCC(C)(C)C)cc1C(F)(F)F. The lowest BCUT2D eigenvalue weighted by Crippen LogP contribution is -2.38. The second-order valence-electron chi connectivity index (χ2n) is 11.6. The summed E-state index contributed by atoms with van der Waals surface area (Å²) in [6, 6.07) is -0.103. The van der Waals surface area contributed by atoms with Gasteiger partial charge in [0.05, 0.1) is 22.6 Å². The Balaban J connectivity index is 2.12. The number of aromatic nitrogens is 2. The van der Waals surface area contributed by atoms with Gasteiger partial charge in [-0.2, -0.15) is 13.2 Å². The Bertz CT molecular complexity index is 1230. The van der Waals surface area contributed by atoms with Crippen LogP contribution in [0.4, 0.5) is 27.8 Å². The number of hydrogen-bond donors (Lipinski definition) is 3. The molecule has 14 heteroatoms. The van der Waals surface area contributed by atoms with Crippen LogP contribution in [0.15, 0.2) is 12.3 Å². The summed E-state index contributed by atoms with van der Waals surface area (Å²) >= 11 is 0.513. The van der Waals surface area contributed by atoms with E-state index < -0.39 is 65.3 Å². The number of aliphatic hydroxyl groups is 1. The van der Waals surface area contributed by atoms with Crippen LogP contribution < -0.4 is 10.6 Å². The zero-order chi connectivity index (χ0) is 29.6. The molecule has 0 aromatic carbocycles. The highest BCUT2D eigenvalue weighted by molar-refractivity contribution is 7.17. The van der Waals surface area contributed by atoms with Crippen LogP contribution in [0.1, 0.15) is 73.8 Å². The van der Waals surface area contributed by atoms with Gasteiger partial charge in [0.2, 0.25) is 0 Å². The van der Waals surface area contributed by atoms with Crippen molar-refractivity contribution < 1.29 is 36.6 Å². The predicted octanol–water partition coefficient (Wildman–Crippen LogP) is 5.05. The summed E-state index contributed by atoms with van der Waals surface area (Å²) < 4.78 is 70.8. The van der Waals surface area contributed by atoms with Crippen molar-refractivity contribution >= 4 is 29.0 Å². The fourth-order valence-electron chi connectivity index (χ4n) is 3.86. The number of rotatable bonds is 7. The van der Waals surface area contributed by atoms with E-state index in [1.165, 1.54) is 20.8 Å². The summed E-state index contributed by atoms with van der Waals surface area (Å²) in [5.41, 5.74) is -3.75. The van der Waals surface area contributed by atoms with Gasteiger partial charge in [-0.15, -0.1) is 11.3 Å². The first-order valence-corrected chi connectivity index (χ1v) is 13.0. The molecule has 2 amide bonds. The molecule has 1 fully saturated rings. The van der Waals surface area contributed by atoms with E-state index >= 15 is 0 Å². The summed E-state index contributed by atoms with van der Waals surface area (Å²) in [6.45, 7) is 9.13. The van der Waals surface area contributed by atoms with Gasteiger partial charge in [0, 0.05) is 37.3 Å². The standard InChI is InChI=1S/C25H32F5N5O3S/c1-13-8-24(26,27)12-35(13)21(37)17-18(39-20(34-17)19(36)33-11-23(5,6)38)14-9-31-16(32-10-22(2,3)4)7-15(14)25(28,29)30/h7,9,13,38H,8,10-12H2,1-6H3,(H,31,32)(H,33,36). The van der Waals surface area contributed by atoms with Crippen molar-refractivity contribution in [1.29, 1.82) is 0 Å². The number of carbonyl (C=O) groups excluding carboxylic acids is 2. The molecular formula is C25H32F5N5O3S. The van der Waals surface area contributed by atoms with E-state index in [4.69, 9.17) is 0 Å². The van der Waals surface area contributed by atoms with E-state index in [2.05, 4.69) is 20.6 Å². The average molecular weight is 578 g/mol. The second kappa shape index (κ2) is 10.6. The van der Waals surface area contributed by atoms with Gasteiger partial charge in [0.1, 0.15) is 11.5 Å². The number of hydrogen-bond acceptors (Lipinski definition) is 7. The number of amides is 2. The van der Waals surface area contributed by atoms with Crippen LogP contribution in [0.25, 0.3) is 10.4 Å². The summed E-state index contributed by atoms with van der Waals surface area (Å²) in [7, 11) is 0. The minimum absolute atomic E-state index is 0.0469. The lowest BCUT2D eigenvalue weighted by atomic mass is 9.97. The molecule has 1 unspecified atom stereocenters. The Kier molecular flexibility index (Phi) is 8.34. The number of anilines is 1. The second-order valence-corrected chi connectivity index (χ2v) is 12.6. The number of pyridine rings is 1. The Morgan fingerprint density at radius 3 is 2.33 bits per heavy atom. The monoisotopic (exact) mass is 577 g/mol. The molecule has 0 bridgehead atoms. The number of nitrogens with one attached hydrogen (secondary N) is 2. The van der Waals surface area contributed by atoms with E-state index in [1.807, 2.05) is 20.8 Å². The number of carbonyl (C=O) groups is 2. The molecule has 39 heavy (non-hydrogen) atoms. The van der Waals surface area contributed by atoms with Crippen LogP contribution in [0, 0.1) is 5.41 Å². The van der Waals surface area contributed by atoms with Gasteiger partial charge in [-0.25, -0.2) is 18.7 Å². The fraction of sp³-hybridized carbons (Fsp3) is 0.600. The van der Waals surface area contributed by atoms with E-state index in [1.54, 1.807) is 0 Å². The van der Waals surface area contributed by atoms with Crippen LogP contribution in [-0.4, -0.2) is 69.0 Å². The molecule has 2 aromatic rings. The van der Waals surface area contributed by atoms with Crippen LogP contribution in [-0.2, 0) is 6.18 Å². The highest BCUT2D eigenvalue weighted by atomic mass is 32.1. The summed E-state index contributed by atoms with van der Waals surface area (Å²) in [5.74, 6) is -5.07. The molecule has 8 nitrogen and oxygen atoms in total. The molecule has 0 spiro atoms. The maximum atomic E-state index is 14.2. The number of thiazole rings is 1. The quantitative estimate of drug-likeness (QED) is 0.398. The first-order valence-electron chi connectivity index (χ1n) is 12.2. The maximum Gasteiger partial charge on any atom is 0.417 e. The molecular weight excluding hydrogens is 545 g/mol. The van der Waals surface area contributed by atoms with Gasteiger partial charge in [-0.05, 0) is 32.3 Å². The van der Waals surface area contributed by atoms with Gasteiger partial charge < -0.3 is 20.6 Å². The molecule has 1 saturated heterocycles. The van der Waals surface area contributed by atoms with Crippen molar-refractivity contribution in [3.8, 4) is 10.4 Å². The van der Waals surface area contributed by atoms with Crippen molar-refractivity contribution in [2.24, 2.45) is 5.41 Å². The first kappa shape index (κ1) is 30.7. The molecule has 1 aliphatic heterocycles. The molecule has 3 rings (SSSR count). The summed E-state index contributed by atoms with van der Waals surface area (Å²) in [5, 5.41) is 14.8. The minimum Gasteiger partial charge on any atom is -0.389 e. The Morgan fingerprint density at radius 2 is 1.82 bits per heavy atom. The molecule has 2 aromatic heterocycles. The third kappa shape index (κ3) is 7.84. The van der Waals surface area contributed by atoms with Crippen molar-refractivity contribution in [3.05, 3.63) is 28.5 Å². The van der Waals surface area contributed by atoms with Gasteiger partial charge in [-0.3, -0.25) is 9.59 Å². The Morgan fingerprint density at radius 1 is 1.18 bits per heavy atom. The zero-order valence-electron chi connectivity index (χ0n) is 22.5. The van der Waals surface area contributed by atoms with Crippen molar-refractivity contribution in [3.63, 3.8) is 0 Å².